The first-order valence-corrected chi connectivity index (χ1v) is 20.6. The molecule has 0 N–H and O–H groups in total. The number of ether oxygens (including phenoxy) is 1. The number of rotatable bonds is 4. The molecule has 0 saturated heterocycles. The fourth-order valence-corrected chi connectivity index (χ4v) is 12.5. The molecule has 4 saturated carbocycles. The Balaban J connectivity index is 1.11. The molecule has 0 atom stereocenters. The zero-order valence-corrected chi connectivity index (χ0v) is 32.2. The van der Waals surface area contributed by atoms with Crippen LogP contribution in [0.5, 0.6) is 11.5 Å². The maximum atomic E-state index is 6.88. The van der Waals surface area contributed by atoms with Crippen LogP contribution in [0.1, 0.15) is 94.9 Å². The second-order valence-electron chi connectivity index (χ2n) is 18.9. The van der Waals surface area contributed by atoms with Crippen LogP contribution in [0.25, 0.3) is 21.9 Å². The number of para-hydroxylation sites is 1. The van der Waals surface area contributed by atoms with E-state index in [2.05, 4.69) is 160 Å². The van der Waals surface area contributed by atoms with Gasteiger partial charge in [-0.15, -0.1) is 0 Å². The summed E-state index contributed by atoms with van der Waals surface area (Å²) < 4.78 is 6.88. The second-order valence-corrected chi connectivity index (χ2v) is 18.9. The first-order valence-electron chi connectivity index (χ1n) is 20.6. The Morgan fingerprint density at radius 3 is 1.91 bits per heavy atom. The molecule has 2 heteroatoms. The maximum Gasteiger partial charge on any atom is 0.131 e. The van der Waals surface area contributed by atoms with Crippen LogP contribution in [0.15, 0.2) is 127 Å². The number of hydrogen-bond donors (Lipinski definition) is 0. The van der Waals surface area contributed by atoms with Crippen molar-refractivity contribution in [3.63, 3.8) is 0 Å². The quantitative estimate of drug-likeness (QED) is 0.181. The highest BCUT2D eigenvalue weighted by atomic mass is 16.5. The Bertz CT molecular complexity index is 2420. The van der Waals surface area contributed by atoms with Crippen molar-refractivity contribution in [1.82, 2.24) is 0 Å². The van der Waals surface area contributed by atoms with Gasteiger partial charge in [-0.25, -0.2) is 0 Å². The number of benzene rings is 6. The Hall–Kier alpha value is -4.82. The van der Waals surface area contributed by atoms with Gasteiger partial charge in [0.1, 0.15) is 11.5 Å². The summed E-state index contributed by atoms with van der Waals surface area (Å²) >= 11 is 0. The van der Waals surface area contributed by atoms with E-state index in [0.717, 1.165) is 23.3 Å². The van der Waals surface area contributed by atoms with Gasteiger partial charge in [0.2, 0.25) is 0 Å². The molecular formula is C52H51NO. The Kier molecular flexibility index (Phi) is 7.00. The fourth-order valence-electron chi connectivity index (χ4n) is 12.5. The van der Waals surface area contributed by atoms with Crippen molar-refractivity contribution in [2.24, 2.45) is 23.7 Å². The molecule has 1 heterocycles. The lowest BCUT2D eigenvalue weighted by Gasteiger charge is -2.63. The Morgan fingerprint density at radius 1 is 0.500 bits per heavy atom. The molecule has 0 amide bonds. The van der Waals surface area contributed by atoms with Gasteiger partial charge in [-0.3, -0.25) is 0 Å². The number of hydrogen-bond acceptors (Lipinski definition) is 2. The van der Waals surface area contributed by atoms with E-state index in [1.54, 1.807) is 0 Å². The van der Waals surface area contributed by atoms with Gasteiger partial charge in [0.15, 0.2) is 0 Å². The molecule has 54 heavy (non-hydrogen) atoms. The summed E-state index contributed by atoms with van der Waals surface area (Å²) in [4.78, 5) is 2.59. The van der Waals surface area contributed by atoms with Crippen LogP contribution >= 0.6 is 0 Å². The number of fused-ring (bicyclic) bond motifs is 4. The van der Waals surface area contributed by atoms with Crippen molar-refractivity contribution >= 4 is 27.8 Å². The van der Waals surface area contributed by atoms with E-state index in [0.29, 0.717) is 11.8 Å². The molecule has 0 radical (unpaired) electrons. The Labute approximate surface area is 321 Å². The summed E-state index contributed by atoms with van der Waals surface area (Å²) in [5.41, 5.74) is 12.2. The average molecular weight is 706 g/mol. The minimum absolute atomic E-state index is 0.00338. The predicted octanol–water partition coefficient (Wildman–Crippen LogP) is 14.2. The lowest BCUT2D eigenvalue weighted by Crippen LogP contribution is -2.57. The van der Waals surface area contributed by atoms with Crippen molar-refractivity contribution < 1.29 is 4.74 Å². The Morgan fingerprint density at radius 2 is 1.13 bits per heavy atom. The molecule has 2 nitrogen and oxygen atoms in total. The van der Waals surface area contributed by atoms with Crippen LogP contribution in [-0.4, -0.2) is 0 Å². The molecule has 1 spiro atoms. The van der Waals surface area contributed by atoms with Gasteiger partial charge < -0.3 is 9.64 Å². The average Bonchev–Trinajstić information content (AvgIpc) is 3.18. The van der Waals surface area contributed by atoms with Crippen molar-refractivity contribution in [2.75, 3.05) is 4.90 Å². The van der Waals surface area contributed by atoms with Crippen LogP contribution in [0, 0.1) is 23.7 Å². The highest BCUT2D eigenvalue weighted by Gasteiger charge is 2.61. The third-order valence-electron chi connectivity index (χ3n) is 14.9. The molecule has 12 rings (SSSR count). The van der Waals surface area contributed by atoms with Crippen molar-refractivity contribution in [3.05, 3.63) is 150 Å². The van der Waals surface area contributed by atoms with E-state index in [4.69, 9.17) is 4.74 Å². The van der Waals surface area contributed by atoms with Gasteiger partial charge in [0.05, 0.1) is 5.69 Å². The third kappa shape index (κ3) is 4.71. The van der Waals surface area contributed by atoms with Gasteiger partial charge in [0, 0.05) is 27.9 Å². The summed E-state index contributed by atoms with van der Waals surface area (Å²) in [5, 5.41) is 2.55. The van der Waals surface area contributed by atoms with Crippen molar-refractivity contribution in [1.29, 1.82) is 0 Å². The van der Waals surface area contributed by atoms with Crippen LogP contribution in [-0.2, 0) is 16.2 Å². The van der Waals surface area contributed by atoms with Gasteiger partial charge in [-0.05, 0) is 161 Å². The van der Waals surface area contributed by atoms with Crippen molar-refractivity contribution in [3.8, 4) is 22.6 Å². The van der Waals surface area contributed by atoms with E-state index in [-0.39, 0.29) is 16.2 Å². The van der Waals surface area contributed by atoms with Gasteiger partial charge in [-0.1, -0.05) is 107 Å². The lowest BCUT2D eigenvalue weighted by atomic mass is 9.42. The second kappa shape index (κ2) is 11.6. The molecule has 6 aliphatic rings. The fraction of sp³-hybridized carbons (Fsp3) is 0.346. The monoisotopic (exact) mass is 705 g/mol. The summed E-state index contributed by atoms with van der Waals surface area (Å²) in [5.74, 6) is 5.23. The smallest absolute Gasteiger partial charge is 0.131 e. The molecule has 6 aromatic carbocycles. The molecule has 4 bridgehead atoms. The molecule has 5 aliphatic carbocycles. The van der Waals surface area contributed by atoms with Crippen molar-refractivity contribution in [2.45, 2.75) is 88.9 Å². The molecular weight excluding hydrogens is 655 g/mol. The standard InChI is InChI=1S/C52H51NO/c1-50(2)24-25-51(3,4)49-44(50)13-9-14-46(49)53(41-20-18-36(19-21-41)38-17-16-35-10-5-6-11-37(35)31-38)42-22-23-48-45(32-42)52(43-12-7-8-15-47(43)54-48)39-27-33-26-34(29-39)30-40(52)28-33/h5-23,31-34,39-40H,24-30H2,1-4H3. The van der Waals surface area contributed by atoms with E-state index in [1.807, 2.05) is 0 Å². The highest BCUT2D eigenvalue weighted by molar-refractivity contribution is 5.88. The minimum atomic E-state index is -0.00338. The normalized spacial score (nSPS) is 26.5. The topological polar surface area (TPSA) is 12.5 Å². The first-order chi connectivity index (χ1) is 26.2. The minimum Gasteiger partial charge on any atom is -0.457 e. The molecule has 1 aliphatic heterocycles. The summed E-state index contributed by atoms with van der Waals surface area (Å²) in [6.07, 6.45) is 9.20. The van der Waals surface area contributed by atoms with Crippen LogP contribution in [0.3, 0.4) is 0 Å². The zero-order valence-electron chi connectivity index (χ0n) is 32.2. The molecule has 0 unspecified atom stereocenters. The van der Waals surface area contributed by atoms with Gasteiger partial charge in [0.25, 0.3) is 0 Å². The highest BCUT2D eigenvalue weighted by Crippen LogP contribution is 2.69. The van der Waals surface area contributed by atoms with Gasteiger partial charge >= 0.3 is 0 Å². The predicted molar refractivity (Wildman–Crippen MR) is 224 cm³/mol. The zero-order chi connectivity index (χ0) is 36.4. The maximum absolute atomic E-state index is 6.88. The van der Waals surface area contributed by atoms with E-state index in [1.165, 1.54) is 106 Å². The van der Waals surface area contributed by atoms with Crippen LogP contribution in [0.4, 0.5) is 17.1 Å². The molecule has 0 aromatic heterocycles. The number of anilines is 3. The van der Waals surface area contributed by atoms with Crippen LogP contribution < -0.4 is 9.64 Å². The summed E-state index contributed by atoms with van der Waals surface area (Å²) in [7, 11) is 0. The third-order valence-corrected chi connectivity index (χ3v) is 14.9. The largest absolute Gasteiger partial charge is 0.457 e. The molecule has 6 aromatic rings. The molecule has 270 valence electrons. The van der Waals surface area contributed by atoms with E-state index >= 15 is 0 Å². The summed E-state index contributed by atoms with van der Waals surface area (Å²) in [6.45, 7) is 9.81. The summed E-state index contributed by atoms with van der Waals surface area (Å²) in [6, 6.07) is 48.2. The lowest BCUT2D eigenvalue weighted by molar-refractivity contribution is -0.0452. The van der Waals surface area contributed by atoms with Gasteiger partial charge in [-0.2, -0.15) is 0 Å². The molecule has 4 fully saturated rings. The van der Waals surface area contributed by atoms with Crippen LogP contribution in [0.2, 0.25) is 0 Å². The number of nitrogens with zero attached hydrogens (tertiary/aromatic N) is 1. The first kappa shape index (κ1) is 32.6. The van der Waals surface area contributed by atoms with E-state index < -0.39 is 0 Å². The SMILES string of the molecule is CC1(C)CCC(C)(C)c2c(N(c3ccc(-c4ccc5ccccc5c4)cc3)c3ccc4c(c3)C3(c5ccccc5O4)C4CC5CC(C4)CC3C5)cccc21. The van der Waals surface area contributed by atoms with E-state index in [9.17, 15) is 0 Å².